The molecule has 0 aliphatic carbocycles. The number of rotatable bonds is 4. The molecular formula is C24H23IN2O. The Bertz CT molecular complexity index is 979. The summed E-state index contributed by atoms with van der Waals surface area (Å²) < 4.78 is 6.56. The van der Waals surface area contributed by atoms with Gasteiger partial charge in [-0.3, -0.25) is 4.99 Å². The molecule has 142 valence electrons. The molecular weight excluding hydrogens is 459 g/mol. The van der Waals surface area contributed by atoms with E-state index >= 15 is 0 Å². The first-order valence-electron chi connectivity index (χ1n) is 9.39. The molecule has 1 aliphatic rings. The molecule has 2 unspecified atom stereocenters. The van der Waals surface area contributed by atoms with Crippen molar-refractivity contribution in [1.82, 2.24) is 0 Å². The summed E-state index contributed by atoms with van der Waals surface area (Å²) in [7, 11) is 1.69. The smallest absolute Gasteiger partial charge is 0.148 e. The SMILES string of the molecule is COc1ccc(C2N=C(c3ccc(C)cc3)C(C)N2c2ccc(I)cc2)cc1. The van der Waals surface area contributed by atoms with Gasteiger partial charge in [-0.05, 0) is 84.0 Å². The van der Waals surface area contributed by atoms with Crippen molar-refractivity contribution in [3.05, 3.63) is 93.1 Å². The van der Waals surface area contributed by atoms with Crippen molar-refractivity contribution in [2.24, 2.45) is 4.99 Å². The molecule has 3 aromatic carbocycles. The number of hydrogen-bond donors (Lipinski definition) is 0. The first kappa shape index (κ1) is 19.0. The molecule has 0 saturated heterocycles. The summed E-state index contributed by atoms with van der Waals surface area (Å²) in [6.45, 7) is 4.35. The maximum absolute atomic E-state index is 5.33. The van der Waals surface area contributed by atoms with Crippen LogP contribution in [0.15, 0.2) is 77.8 Å². The van der Waals surface area contributed by atoms with Crippen LogP contribution in [0.2, 0.25) is 0 Å². The van der Waals surface area contributed by atoms with Gasteiger partial charge in [-0.15, -0.1) is 0 Å². The zero-order valence-electron chi connectivity index (χ0n) is 16.3. The van der Waals surface area contributed by atoms with Crippen LogP contribution in [0.5, 0.6) is 5.75 Å². The van der Waals surface area contributed by atoms with Crippen LogP contribution in [0.25, 0.3) is 0 Å². The van der Waals surface area contributed by atoms with Gasteiger partial charge in [0.1, 0.15) is 11.9 Å². The molecule has 28 heavy (non-hydrogen) atoms. The van der Waals surface area contributed by atoms with E-state index in [-0.39, 0.29) is 12.2 Å². The van der Waals surface area contributed by atoms with E-state index < -0.39 is 0 Å². The van der Waals surface area contributed by atoms with Crippen molar-refractivity contribution in [2.75, 3.05) is 12.0 Å². The second-order valence-electron chi connectivity index (χ2n) is 7.09. The Balaban J connectivity index is 1.78. The average molecular weight is 482 g/mol. The maximum Gasteiger partial charge on any atom is 0.148 e. The molecule has 1 aliphatic heterocycles. The Hall–Kier alpha value is -2.34. The predicted molar refractivity (Wildman–Crippen MR) is 125 cm³/mol. The van der Waals surface area contributed by atoms with Gasteiger partial charge in [0.15, 0.2) is 0 Å². The molecule has 0 radical (unpaired) electrons. The zero-order chi connectivity index (χ0) is 19.7. The van der Waals surface area contributed by atoms with Crippen LogP contribution in [0, 0.1) is 10.5 Å². The van der Waals surface area contributed by atoms with E-state index in [2.05, 4.69) is 102 Å². The van der Waals surface area contributed by atoms with Crippen molar-refractivity contribution in [3.8, 4) is 5.75 Å². The van der Waals surface area contributed by atoms with Gasteiger partial charge in [0.2, 0.25) is 0 Å². The first-order valence-corrected chi connectivity index (χ1v) is 10.5. The quantitative estimate of drug-likeness (QED) is 0.426. The van der Waals surface area contributed by atoms with Crippen LogP contribution in [-0.2, 0) is 0 Å². The van der Waals surface area contributed by atoms with E-state index in [0.29, 0.717) is 0 Å². The Labute approximate surface area is 180 Å². The highest BCUT2D eigenvalue weighted by atomic mass is 127. The number of nitrogens with zero attached hydrogens (tertiary/aromatic N) is 2. The third kappa shape index (κ3) is 3.65. The predicted octanol–water partition coefficient (Wildman–Crippen LogP) is 6.00. The fourth-order valence-electron chi connectivity index (χ4n) is 3.67. The lowest BCUT2D eigenvalue weighted by Gasteiger charge is -2.30. The lowest BCUT2D eigenvalue weighted by atomic mass is 10.0. The number of aryl methyl sites for hydroxylation is 1. The summed E-state index contributed by atoms with van der Waals surface area (Å²) in [6, 6.07) is 25.7. The minimum absolute atomic E-state index is 0.0581. The minimum atomic E-state index is -0.0581. The summed E-state index contributed by atoms with van der Waals surface area (Å²) in [5, 5.41) is 0. The minimum Gasteiger partial charge on any atom is -0.497 e. The summed E-state index contributed by atoms with van der Waals surface area (Å²) in [5.41, 5.74) is 5.91. The van der Waals surface area contributed by atoms with Crippen LogP contribution >= 0.6 is 22.6 Å². The molecule has 0 amide bonds. The van der Waals surface area contributed by atoms with Gasteiger partial charge in [-0.25, -0.2) is 0 Å². The van der Waals surface area contributed by atoms with Crippen molar-refractivity contribution in [1.29, 1.82) is 0 Å². The van der Waals surface area contributed by atoms with E-state index in [1.165, 1.54) is 20.4 Å². The largest absolute Gasteiger partial charge is 0.497 e. The number of methoxy groups -OCH3 is 1. The number of halogens is 1. The van der Waals surface area contributed by atoms with Crippen LogP contribution in [-0.4, -0.2) is 18.9 Å². The highest BCUT2D eigenvalue weighted by Gasteiger charge is 2.35. The van der Waals surface area contributed by atoms with E-state index in [1.54, 1.807) is 7.11 Å². The van der Waals surface area contributed by atoms with E-state index in [4.69, 9.17) is 9.73 Å². The third-order valence-electron chi connectivity index (χ3n) is 5.22. The number of ether oxygens (including phenoxy) is 1. The van der Waals surface area contributed by atoms with Crippen LogP contribution < -0.4 is 9.64 Å². The molecule has 0 saturated carbocycles. The summed E-state index contributed by atoms with van der Waals surface area (Å²) in [6.07, 6.45) is -0.0581. The molecule has 0 fully saturated rings. The van der Waals surface area contributed by atoms with Crippen LogP contribution in [0.3, 0.4) is 0 Å². The van der Waals surface area contributed by atoms with E-state index in [1.807, 2.05) is 12.1 Å². The monoisotopic (exact) mass is 482 g/mol. The summed E-state index contributed by atoms with van der Waals surface area (Å²) in [4.78, 5) is 7.57. The molecule has 4 rings (SSSR count). The third-order valence-corrected chi connectivity index (χ3v) is 5.94. The van der Waals surface area contributed by atoms with Gasteiger partial charge in [0.05, 0.1) is 18.9 Å². The van der Waals surface area contributed by atoms with E-state index in [0.717, 1.165) is 17.0 Å². The van der Waals surface area contributed by atoms with Crippen molar-refractivity contribution >= 4 is 34.0 Å². The van der Waals surface area contributed by atoms with Gasteiger partial charge in [-0.2, -0.15) is 0 Å². The molecule has 0 spiro atoms. The normalized spacial score (nSPS) is 18.9. The fraction of sp³-hybridized carbons (Fsp3) is 0.208. The molecule has 0 N–H and O–H groups in total. The second-order valence-corrected chi connectivity index (χ2v) is 8.33. The van der Waals surface area contributed by atoms with Gasteiger partial charge >= 0.3 is 0 Å². The Morgan fingerprint density at radius 1 is 0.893 bits per heavy atom. The number of hydrogen-bond acceptors (Lipinski definition) is 3. The molecule has 0 bridgehead atoms. The Kier molecular flexibility index (Phi) is 5.40. The van der Waals surface area contributed by atoms with Gasteiger partial charge in [0, 0.05) is 9.26 Å². The topological polar surface area (TPSA) is 24.8 Å². The van der Waals surface area contributed by atoms with Crippen molar-refractivity contribution in [2.45, 2.75) is 26.1 Å². The number of aliphatic imine (C=N–C) groups is 1. The number of anilines is 1. The van der Waals surface area contributed by atoms with Gasteiger partial charge < -0.3 is 9.64 Å². The fourth-order valence-corrected chi connectivity index (χ4v) is 4.03. The maximum atomic E-state index is 5.33. The molecule has 0 aromatic heterocycles. The zero-order valence-corrected chi connectivity index (χ0v) is 18.4. The Morgan fingerprint density at radius 2 is 1.54 bits per heavy atom. The van der Waals surface area contributed by atoms with Crippen molar-refractivity contribution in [3.63, 3.8) is 0 Å². The van der Waals surface area contributed by atoms with E-state index in [9.17, 15) is 0 Å². The summed E-state index contributed by atoms with van der Waals surface area (Å²) >= 11 is 2.34. The molecule has 2 atom stereocenters. The van der Waals surface area contributed by atoms with Crippen LogP contribution in [0.4, 0.5) is 5.69 Å². The lowest BCUT2D eigenvalue weighted by molar-refractivity contribution is 0.414. The highest BCUT2D eigenvalue weighted by Crippen LogP contribution is 2.38. The number of benzene rings is 3. The lowest BCUT2D eigenvalue weighted by Crippen LogP contribution is -2.35. The van der Waals surface area contributed by atoms with Crippen molar-refractivity contribution < 1.29 is 4.74 Å². The first-order chi connectivity index (χ1) is 13.6. The average Bonchev–Trinajstić information content (AvgIpc) is 3.06. The van der Waals surface area contributed by atoms with Gasteiger partial charge in [0.25, 0.3) is 0 Å². The van der Waals surface area contributed by atoms with Gasteiger partial charge in [-0.1, -0.05) is 42.0 Å². The molecule has 3 aromatic rings. The summed E-state index contributed by atoms with van der Waals surface area (Å²) in [5.74, 6) is 0.860. The Morgan fingerprint density at radius 3 is 2.14 bits per heavy atom. The molecule has 4 heteroatoms. The molecule has 3 nitrogen and oxygen atoms in total. The molecule has 1 heterocycles. The highest BCUT2D eigenvalue weighted by molar-refractivity contribution is 14.1. The standard InChI is InChI=1S/C24H23IN2O/c1-16-4-6-18(7-5-16)23-17(2)27(21-12-10-20(25)11-13-21)24(26-23)19-8-14-22(28-3)15-9-19/h4-15,17,24H,1-3H3. The second kappa shape index (κ2) is 7.95. The van der Waals surface area contributed by atoms with Crippen LogP contribution in [0.1, 0.15) is 29.8 Å².